The summed E-state index contributed by atoms with van der Waals surface area (Å²) in [5.41, 5.74) is 5.78. The predicted molar refractivity (Wildman–Crippen MR) is 84.2 cm³/mol. The summed E-state index contributed by atoms with van der Waals surface area (Å²) in [6.07, 6.45) is 0. The van der Waals surface area contributed by atoms with Crippen molar-refractivity contribution < 1.29 is 0 Å². The van der Waals surface area contributed by atoms with Crippen LogP contribution in [-0.4, -0.2) is 55.1 Å². The molecule has 2 aliphatic heterocycles. The average molecular weight is 273 g/mol. The minimum Gasteiger partial charge on any atom is -0.314 e. The van der Waals surface area contributed by atoms with Gasteiger partial charge < -0.3 is 5.32 Å². The molecule has 1 N–H and O–H groups in total. The Bertz CT molecular complexity index is 471. The maximum absolute atomic E-state index is 3.43. The molecule has 0 spiro atoms. The molecule has 0 aromatic heterocycles. The second-order valence-corrected chi connectivity index (χ2v) is 6.50. The molecular weight excluding hydrogens is 246 g/mol. The first-order valence-electron chi connectivity index (χ1n) is 7.87. The summed E-state index contributed by atoms with van der Waals surface area (Å²) < 4.78 is 0. The van der Waals surface area contributed by atoms with Crippen LogP contribution in [0.1, 0.15) is 22.3 Å². The highest BCUT2D eigenvalue weighted by molar-refractivity contribution is 5.36. The van der Waals surface area contributed by atoms with E-state index >= 15 is 0 Å². The molecule has 3 nitrogen and oxygen atoms in total. The molecular formula is C17H27N3. The van der Waals surface area contributed by atoms with Crippen LogP contribution in [0.4, 0.5) is 0 Å². The Balaban J connectivity index is 1.54. The molecule has 0 aliphatic carbocycles. The summed E-state index contributed by atoms with van der Waals surface area (Å²) in [5.74, 6) is 0. The molecule has 3 heteroatoms. The maximum atomic E-state index is 3.43. The van der Waals surface area contributed by atoms with Crippen LogP contribution in [0.15, 0.2) is 12.1 Å². The van der Waals surface area contributed by atoms with E-state index in [1.165, 1.54) is 48.4 Å². The zero-order chi connectivity index (χ0) is 14.1. The van der Waals surface area contributed by atoms with Crippen molar-refractivity contribution in [3.8, 4) is 0 Å². The van der Waals surface area contributed by atoms with Crippen molar-refractivity contribution in [3.05, 3.63) is 34.4 Å². The van der Waals surface area contributed by atoms with E-state index in [0.29, 0.717) is 0 Å². The van der Waals surface area contributed by atoms with Gasteiger partial charge in [0.1, 0.15) is 0 Å². The molecule has 2 fully saturated rings. The van der Waals surface area contributed by atoms with Crippen LogP contribution in [0.2, 0.25) is 0 Å². The van der Waals surface area contributed by atoms with Gasteiger partial charge in [-0.3, -0.25) is 9.80 Å². The van der Waals surface area contributed by atoms with E-state index in [0.717, 1.165) is 25.7 Å². The van der Waals surface area contributed by atoms with Crippen LogP contribution >= 0.6 is 0 Å². The minimum absolute atomic E-state index is 0.795. The zero-order valence-electron chi connectivity index (χ0n) is 13.1. The van der Waals surface area contributed by atoms with Gasteiger partial charge in [-0.05, 0) is 43.0 Å². The lowest BCUT2D eigenvalue weighted by Gasteiger charge is -2.47. The number of aryl methyl sites for hydroxylation is 3. The third-order valence-electron chi connectivity index (χ3n) is 4.95. The van der Waals surface area contributed by atoms with Crippen molar-refractivity contribution in [2.45, 2.75) is 33.4 Å². The largest absolute Gasteiger partial charge is 0.314 e. The first-order valence-corrected chi connectivity index (χ1v) is 7.87. The van der Waals surface area contributed by atoms with Crippen LogP contribution in [0.3, 0.4) is 0 Å². The minimum atomic E-state index is 0.795. The van der Waals surface area contributed by atoms with Crippen molar-refractivity contribution >= 4 is 0 Å². The van der Waals surface area contributed by atoms with Crippen LogP contribution in [0, 0.1) is 20.8 Å². The van der Waals surface area contributed by atoms with Crippen LogP contribution in [-0.2, 0) is 6.54 Å². The van der Waals surface area contributed by atoms with E-state index in [1.54, 1.807) is 0 Å². The summed E-state index contributed by atoms with van der Waals surface area (Å²) in [7, 11) is 0. The highest BCUT2D eigenvalue weighted by Crippen LogP contribution is 2.22. The molecule has 110 valence electrons. The van der Waals surface area contributed by atoms with Gasteiger partial charge in [0.05, 0.1) is 0 Å². The molecule has 2 heterocycles. The van der Waals surface area contributed by atoms with E-state index in [2.05, 4.69) is 48.0 Å². The van der Waals surface area contributed by atoms with Gasteiger partial charge in [0.15, 0.2) is 0 Å². The third-order valence-corrected chi connectivity index (χ3v) is 4.95. The van der Waals surface area contributed by atoms with Crippen molar-refractivity contribution in [1.29, 1.82) is 0 Å². The molecule has 1 aromatic carbocycles. The Kier molecular flexibility index (Phi) is 4.11. The molecule has 0 unspecified atom stereocenters. The Labute approximate surface area is 123 Å². The summed E-state index contributed by atoms with van der Waals surface area (Å²) in [6.45, 7) is 15.0. The normalized spacial score (nSPS) is 21.9. The highest BCUT2D eigenvalue weighted by atomic mass is 15.3. The van der Waals surface area contributed by atoms with Gasteiger partial charge in [0, 0.05) is 51.9 Å². The number of hydrogen-bond donors (Lipinski definition) is 1. The molecule has 0 atom stereocenters. The van der Waals surface area contributed by atoms with Crippen LogP contribution in [0.25, 0.3) is 0 Å². The van der Waals surface area contributed by atoms with Crippen molar-refractivity contribution in [1.82, 2.24) is 15.1 Å². The molecule has 0 amide bonds. The Morgan fingerprint density at radius 3 is 2.35 bits per heavy atom. The highest BCUT2D eigenvalue weighted by Gasteiger charge is 2.32. The first kappa shape index (κ1) is 14.1. The van der Waals surface area contributed by atoms with Gasteiger partial charge in [-0.1, -0.05) is 12.1 Å². The number of nitrogens with zero attached hydrogens (tertiary/aromatic N) is 2. The van der Waals surface area contributed by atoms with E-state index in [4.69, 9.17) is 0 Å². The SMILES string of the molecule is Cc1cc(C)c(CN2CC(N3CCNCC3)C2)cc1C. The summed E-state index contributed by atoms with van der Waals surface area (Å²) in [5, 5.41) is 3.43. The van der Waals surface area contributed by atoms with E-state index in [9.17, 15) is 0 Å². The van der Waals surface area contributed by atoms with Gasteiger partial charge in [-0.2, -0.15) is 0 Å². The second-order valence-electron chi connectivity index (χ2n) is 6.50. The molecule has 2 aliphatic rings. The average Bonchev–Trinajstić information content (AvgIpc) is 2.40. The zero-order valence-corrected chi connectivity index (χ0v) is 13.1. The van der Waals surface area contributed by atoms with Crippen LogP contribution in [0.5, 0.6) is 0 Å². The molecule has 0 radical (unpaired) electrons. The van der Waals surface area contributed by atoms with Gasteiger partial charge in [0.2, 0.25) is 0 Å². The number of nitrogens with one attached hydrogen (secondary N) is 1. The molecule has 0 bridgehead atoms. The maximum Gasteiger partial charge on any atom is 0.0351 e. The van der Waals surface area contributed by atoms with Crippen LogP contribution < -0.4 is 5.32 Å². The number of piperazine rings is 1. The molecule has 2 saturated heterocycles. The van der Waals surface area contributed by atoms with Gasteiger partial charge in [-0.25, -0.2) is 0 Å². The fraction of sp³-hybridized carbons (Fsp3) is 0.647. The van der Waals surface area contributed by atoms with E-state index in [-0.39, 0.29) is 0 Å². The lowest BCUT2D eigenvalue weighted by atomic mass is 9.98. The van der Waals surface area contributed by atoms with Crippen molar-refractivity contribution in [2.75, 3.05) is 39.3 Å². The Morgan fingerprint density at radius 2 is 1.65 bits per heavy atom. The Hall–Kier alpha value is -0.900. The number of rotatable bonds is 3. The summed E-state index contributed by atoms with van der Waals surface area (Å²) in [6, 6.07) is 5.50. The van der Waals surface area contributed by atoms with Gasteiger partial charge in [0.25, 0.3) is 0 Å². The number of likely N-dealkylation sites (tertiary alicyclic amines) is 1. The summed E-state index contributed by atoms with van der Waals surface area (Å²) >= 11 is 0. The molecule has 3 rings (SSSR count). The smallest absolute Gasteiger partial charge is 0.0351 e. The predicted octanol–water partition coefficient (Wildman–Crippen LogP) is 1.70. The first-order chi connectivity index (χ1) is 9.63. The van der Waals surface area contributed by atoms with E-state index < -0.39 is 0 Å². The standard InChI is InChI=1S/C17H27N3/c1-13-8-15(3)16(9-14(13)2)10-19-11-17(12-19)20-6-4-18-5-7-20/h8-9,17-18H,4-7,10-12H2,1-3H3. The molecule has 1 aromatic rings. The topological polar surface area (TPSA) is 18.5 Å². The number of hydrogen-bond acceptors (Lipinski definition) is 3. The second kappa shape index (κ2) is 5.84. The fourth-order valence-corrected chi connectivity index (χ4v) is 3.38. The lowest BCUT2D eigenvalue weighted by Crippen LogP contribution is -2.62. The van der Waals surface area contributed by atoms with E-state index in [1.807, 2.05) is 0 Å². The monoisotopic (exact) mass is 273 g/mol. The number of benzene rings is 1. The third kappa shape index (κ3) is 2.90. The van der Waals surface area contributed by atoms with Gasteiger partial charge in [-0.15, -0.1) is 0 Å². The fourth-order valence-electron chi connectivity index (χ4n) is 3.38. The molecule has 0 saturated carbocycles. The van der Waals surface area contributed by atoms with Crippen molar-refractivity contribution in [2.24, 2.45) is 0 Å². The quantitative estimate of drug-likeness (QED) is 0.904. The van der Waals surface area contributed by atoms with Gasteiger partial charge >= 0.3 is 0 Å². The lowest BCUT2D eigenvalue weighted by molar-refractivity contribution is 0.0222. The summed E-state index contributed by atoms with van der Waals surface area (Å²) in [4.78, 5) is 5.24. The van der Waals surface area contributed by atoms with Crippen molar-refractivity contribution in [3.63, 3.8) is 0 Å². The Morgan fingerprint density at radius 1 is 1.00 bits per heavy atom. The molecule has 20 heavy (non-hydrogen) atoms.